The quantitative estimate of drug-likeness (QED) is 0.191. The van der Waals surface area contributed by atoms with Gasteiger partial charge in [-0.15, -0.1) is 0 Å². The SMILES string of the molecule is CC.CC.CC.Cc1cc(-c2ccccc2)cc(-c2ccccc2)c1.Cc1cccc(-c2ccccc2)c1.Cc1ccccc1. The standard InChI is InChI=1S/C19H16.C13H12.C7H8.3C2H6/c1-15-12-18(16-8-4-2-5-9-16)14-19(13-15)17-10-6-3-7-11-17;1-11-6-5-9-13(10-11)12-7-3-2-4-8-12;1-7-5-3-2-4-6-7;3*1-2/h2-14H,1H3;2-10H,1H3;2-6H,1H3;3*1-2H3. The van der Waals surface area contributed by atoms with E-state index >= 15 is 0 Å². The van der Waals surface area contributed by atoms with Crippen LogP contribution in [0.25, 0.3) is 33.4 Å². The fourth-order valence-corrected chi connectivity index (χ4v) is 4.37. The number of aryl methyl sites for hydroxylation is 3. The first-order valence-corrected chi connectivity index (χ1v) is 16.4. The van der Waals surface area contributed by atoms with Crippen molar-refractivity contribution in [2.75, 3.05) is 0 Å². The molecule has 0 aliphatic rings. The highest BCUT2D eigenvalue weighted by molar-refractivity contribution is 5.74. The molecule has 0 heteroatoms. The van der Waals surface area contributed by atoms with E-state index < -0.39 is 0 Å². The minimum absolute atomic E-state index is 1.27. The summed E-state index contributed by atoms with van der Waals surface area (Å²) < 4.78 is 0. The third kappa shape index (κ3) is 14.6. The molecule has 6 rings (SSSR count). The minimum atomic E-state index is 1.27. The highest BCUT2D eigenvalue weighted by Crippen LogP contribution is 2.28. The first kappa shape index (κ1) is 38.3. The summed E-state index contributed by atoms with van der Waals surface area (Å²) >= 11 is 0. The summed E-state index contributed by atoms with van der Waals surface area (Å²) in [4.78, 5) is 0. The van der Waals surface area contributed by atoms with Crippen molar-refractivity contribution in [3.63, 3.8) is 0 Å². The number of hydrogen-bond acceptors (Lipinski definition) is 0. The summed E-state index contributed by atoms with van der Waals surface area (Å²) in [6.45, 7) is 18.4. The van der Waals surface area contributed by atoms with Gasteiger partial charge in [0.1, 0.15) is 0 Å². The lowest BCUT2D eigenvalue weighted by Crippen LogP contribution is -1.84. The largest absolute Gasteiger partial charge is 0.0683 e. The van der Waals surface area contributed by atoms with Gasteiger partial charge in [-0.25, -0.2) is 0 Å². The van der Waals surface area contributed by atoms with E-state index in [-0.39, 0.29) is 0 Å². The molecule has 0 fully saturated rings. The zero-order valence-electron chi connectivity index (χ0n) is 29.1. The van der Waals surface area contributed by atoms with Gasteiger partial charge in [-0.2, -0.15) is 0 Å². The van der Waals surface area contributed by atoms with E-state index in [9.17, 15) is 0 Å². The predicted molar refractivity (Wildman–Crippen MR) is 204 cm³/mol. The minimum Gasteiger partial charge on any atom is -0.0683 e. The molecule has 0 spiro atoms. The van der Waals surface area contributed by atoms with Gasteiger partial charge in [0.25, 0.3) is 0 Å². The maximum Gasteiger partial charge on any atom is -0.0175 e. The molecule has 0 saturated heterocycles. The van der Waals surface area contributed by atoms with Crippen LogP contribution in [0.3, 0.4) is 0 Å². The summed E-state index contributed by atoms with van der Waals surface area (Å²) in [7, 11) is 0. The summed E-state index contributed by atoms with van der Waals surface area (Å²) in [5.41, 5.74) is 11.6. The lowest BCUT2D eigenvalue weighted by Gasteiger charge is -2.08. The van der Waals surface area contributed by atoms with Crippen LogP contribution in [0.1, 0.15) is 58.2 Å². The Hall–Kier alpha value is -4.68. The third-order valence-electron chi connectivity index (χ3n) is 6.36. The zero-order chi connectivity index (χ0) is 33.3. The van der Waals surface area contributed by atoms with Crippen molar-refractivity contribution in [2.45, 2.75) is 62.3 Å². The third-order valence-corrected chi connectivity index (χ3v) is 6.36. The smallest absolute Gasteiger partial charge is 0.0175 e. The first-order valence-electron chi connectivity index (χ1n) is 16.4. The van der Waals surface area contributed by atoms with E-state index in [4.69, 9.17) is 0 Å². The van der Waals surface area contributed by atoms with Gasteiger partial charge in [-0.3, -0.25) is 0 Å². The Kier molecular flexibility index (Phi) is 20.2. The Morgan fingerprint density at radius 3 is 0.844 bits per heavy atom. The zero-order valence-corrected chi connectivity index (χ0v) is 29.1. The molecule has 45 heavy (non-hydrogen) atoms. The van der Waals surface area contributed by atoms with Gasteiger partial charge in [0, 0.05) is 0 Å². The van der Waals surface area contributed by atoms with E-state index in [0.29, 0.717) is 0 Å². The molecular formula is C45H54. The molecule has 0 aliphatic carbocycles. The Bertz CT molecular complexity index is 1480. The second-order valence-electron chi connectivity index (χ2n) is 9.71. The van der Waals surface area contributed by atoms with Crippen LogP contribution in [0, 0.1) is 20.8 Å². The highest BCUT2D eigenvalue weighted by atomic mass is 14.1. The van der Waals surface area contributed by atoms with Crippen molar-refractivity contribution in [3.05, 3.63) is 180 Å². The van der Waals surface area contributed by atoms with Crippen LogP contribution in [0.5, 0.6) is 0 Å². The van der Waals surface area contributed by atoms with Crippen molar-refractivity contribution in [1.29, 1.82) is 0 Å². The molecule has 0 atom stereocenters. The maximum absolute atomic E-state index is 2.26. The molecular weight excluding hydrogens is 540 g/mol. The van der Waals surface area contributed by atoms with Crippen LogP contribution in [0.2, 0.25) is 0 Å². The molecule has 6 aromatic carbocycles. The summed E-state index contributed by atoms with van der Waals surface area (Å²) in [6, 6.07) is 57.1. The van der Waals surface area contributed by atoms with E-state index in [2.05, 4.69) is 160 Å². The van der Waals surface area contributed by atoms with Crippen LogP contribution in [-0.2, 0) is 0 Å². The van der Waals surface area contributed by atoms with Crippen LogP contribution < -0.4 is 0 Å². The van der Waals surface area contributed by atoms with Crippen LogP contribution in [-0.4, -0.2) is 0 Å². The van der Waals surface area contributed by atoms with Crippen molar-refractivity contribution in [1.82, 2.24) is 0 Å². The molecule has 0 aromatic heterocycles. The first-order chi connectivity index (χ1) is 22.1. The number of benzene rings is 6. The molecule has 6 aromatic rings. The molecule has 0 bridgehead atoms. The van der Waals surface area contributed by atoms with Crippen molar-refractivity contribution < 1.29 is 0 Å². The Morgan fingerprint density at radius 2 is 0.511 bits per heavy atom. The van der Waals surface area contributed by atoms with Crippen molar-refractivity contribution >= 4 is 0 Å². The fraction of sp³-hybridized carbons (Fsp3) is 0.200. The average Bonchev–Trinajstić information content (AvgIpc) is 3.13. The predicted octanol–water partition coefficient (Wildman–Crippen LogP) is 14.1. The number of hydrogen-bond donors (Lipinski definition) is 0. The van der Waals surface area contributed by atoms with Gasteiger partial charge in [0.15, 0.2) is 0 Å². The molecule has 0 aliphatic heterocycles. The van der Waals surface area contributed by atoms with Gasteiger partial charge < -0.3 is 0 Å². The van der Waals surface area contributed by atoms with E-state index in [1.54, 1.807) is 0 Å². The summed E-state index contributed by atoms with van der Waals surface area (Å²) in [5.74, 6) is 0. The topological polar surface area (TPSA) is 0 Å². The van der Waals surface area contributed by atoms with Gasteiger partial charge in [-0.1, -0.05) is 210 Å². The second kappa shape index (κ2) is 23.7. The van der Waals surface area contributed by atoms with Crippen molar-refractivity contribution in [2.24, 2.45) is 0 Å². The number of rotatable bonds is 3. The lowest BCUT2D eigenvalue weighted by molar-refractivity contribution is 1.46. The van der Waals surface area contributed by atoms with E-state index in [1.165, 1.54) is 50.1 Å². The van der Waals surface area contributed by atoms with Crippen molar-refractivity contribution in [3.8, 4) is 33.4 Å². The lowest BCUT2D eigenvalue weighted by atomic mass is 9.97. The highest BCUT2D eigenvalue weighted by Gasteiger charge is 2.03. The Labute approximate surface area is 275 Å². The van der Waals surface area contributed by atoms with Crippen LogP contribution in [0.4, 0.5) is 0 Å². The Balaban J connectivity index is 0.000000337. The van der Waals surface area contributed by atoms with Gasteiger partial charge in [0.05, 0.1) is 0 Å². The molecule has 0 radical (unpaired) electrons. The molecule has 0 saturated carbocycles. The normalized spacial score (nSPS) is 9.00. The maximum atomic E-state index is 2.26. The molecule has 234 valence electrons. The average molecular weight is 595 g/mol. The molecule has 0 nitrogen and oxygen atoms in total. The fourth-order valence-electron chi connectivity index (χ4n) is 4.37. The van der Waals surface area contributed by atoms with Gasteiger partial charge >= 0.3 is 0 Å². The molecule has 0 heterocycles. The van der Waals surface area contributed by atoms with E-state index in [0.717, 1.165) is 0 Å². The Morgan fingerprint density at radius 1 is 0.222 bits per heavy atom. The van der Waals surface area contributed by atoms with Crippen LogP contribution >= 0.6 is 0 Å². The van der Waals surface area contributed by atoms with Gasteiger partial charge in [-0.05, 0) is 65.8 Å². The summed E-state index contributed by atoms with van der Waals surface area (Å²) in [6.07, 6.45) is 0. The molecule has 0 N–H and O–H groups in total. The van der Waals surface area contributed by atoms with E-state index in [1.807, 2.05) is 65.8 Å². The van der Waals surface area contributed by atoms with Crippen LogP contribution in [0.15, 0.2) is 164 Å². The molecule has 0 amide bonds. The molecule has 0 unspecified atom stereocenters. The summed E-state index contributed by atoms with van der Waals surface area (Å²) in [5, 5.41) is 0. The van der Waals surface area contributed by atoms with Gasteiger partial charge in [0.2, 0.25) is 0 Å². The monoisotopic (exact) mass is 594 g/mol. The second-order valence-corrected chi connectivity index (χ2v) is 9.71.